The monoisotopic (exact) mass is 1490 g/mol. The maximum Gasteiger partial charge on any atom is 0.472 e. The summed E-state index contributed by atoms with van der Waals surface area (Å²) in [6.45, 7) is 4.43. The molecular weight excluding hydrogens is 1350 g/mol. The number of aliphatic hydroxyl groups is 1. The maximum atomic E-state index is 13.1. The smallest absolute Gasteiger partial charge is 0.462 e. The van der Waals surface area contributed by atoms with E-state index in [1.165, 1.54) is 57.8 Å². The van der Waals surface area contributed by atoms with Gasteiger partial charge in [-0.3, -0.25) is 37.3 Å². The van der Waals surface area contributed by atoms with Crippen molar-refractivity contribution in [3.05, 3.63) is 158 Å². The highest BCUT2D eigenvalue weighted by Gasteiger charge is 2.30. The SMILES string of the molecule is CC/C=C\C/C=C\C/C=C\C/C=C\C/C=C\CCCCCC(=O)OCC(COP(=O)(O)OCC(O)COP(=O)(O)OCC(COC(=O)CCCCCCC/C=C\C/C=C\CCCCC)OC(=O)CCCCCCC/C=C\CCCCCCCC)OC(=O)C/C=C\C/C=C\C/C=C\C/C=C\C/C=C\CC. The molecule has 0 amide bonds. The Morgan fingerprint density at radius 2 is 0.538 bits per heavy atom. The van der Waals surface area contributed by atoms with Gasteiger partial charge >= 0.3 is 39.5 Å². The van der Waals surface area contributed by atoms with Crippen molar-refractivity contribution in [1.29, 1.82) is 0 Å². The fraction of sp³-hybridized carbons (Fsp3) is 0.647. The van der Waals surface area contributed by atoms with E-state index in [-0.39, 0.29) is 25.7 Å². The zero-order valence-corrected chi connectivity index (χ0v) is 66.4. The van der Waals surface area contributed by atoms with Crippen molar-refractivity contribution in [2.45, 2.75) is 316 Å². The van der Waals surface area contributed by atoms with Crippen molar-refractivity contribution in [1.82, 2.24) is 0 Å². The number of phosphoric ester groups is 2. The number of carbonyl (C=O) groups excluding carboxylic acids is 4. The predicted molar refractivity (Wildman–Crippen MR) is 427 cm³/mol. The van der Waals surface area contributed by atoms with Crippen LogP contribution in [-0.2, 0) is 65.4 Å². The molecule has 5 atom stereocenters. The summed E-state index contributed by atoms with van der Waals surface area (Å²) in [5.74, 6) is -2.39. The highest BCUT2D eigenvalue weighted by molar-refractivity contribution is 7.47. The third-order valence-electron chi connectivity index (χ3n) is 16.0. The van der Waals surface area contributed by atoms with E-state index in [0.29, 0.717) is 25.7 Å². The van der Waals surface area contributed by atoms with E-state index in [9.17, 15) is 43.2 Å². The number of unbranched alkanes of at least 4 members (excludes halogenated alkanes) is 22. The molecular formula is C85H140O17P2. The van der Waals surface area contributed by atoms with Crippen LogP contribution < -0.4 is 0 Å². The Morgan fingerprint density at radius 3 is 0.894 bits per heavy atom. The van der Waals surface area contributed by atoms with Crippen molar-refractivity contribution in [2.75, 3.05) is 39.6 Å². The van der Waals surface area contributed by atoms with Gasteiger partial charge in [-0.15, -0.1) is 0 Å². The lowest BCUT2D eigenvalue weighted by atomic mass is 10.1. The number of phosphoric acid groups is 2. The molecule has 0 spiro atoms. The van der Waals surface area contributed by atoms with Crippen LogP contribution in [0.3, 0.4) is 0 Å². The van der Waals surface area contributed by atoms with Crippen molar-refractivity contribution < 1.29 is 80.2 Å². The summed E-state index contributed by atoms with van der Waals surface area (Å²) in [5, 5.41) is 10.6. The van der Waals surface area contributed by atoms with Crippen LogP contribution in [0.4, 0.5) is 0 Å². The first kappa shape index (κ1) is 98.7. The Bertz CT molecular complexity index is 2590. The number of hydrogen-bond acceptors (Lipinski definition) is 15. The quantitative estimate of drug-likeness (QED) is 0.0169. The van der Waals surface area contributed by atoms with Crippen molar-refractivity contribution in [2.24, 2.45) is 0 Å². The summed E-state index contributed by atoms with van der Waals surface area (Å²) in [5.41, 5.74) is 0. The summed E-state index contributed by atoms with van der Waals surface area (Å²) in [6, 6.07) is 0. The second kappa shape index (κ2) is 75.9. The van der Waals surface area contributed by atoms with E-state index >= 15 is 0 Å². The molecule has 0 heterocycles. The lowest BCUT2D eigenvalue weighted by Crippen LogP contribution is -2.30. The van der Waals surface area contributed by atoms with E-state index in [2.05, 4.69) is 161 Å². The predicted octanol–water partition coefficient (Wildman–Crippen LogP) is 23.2. The lowest BCUT2D eigenvalue weighted by molar-refractivity contribution is -0.161. The number of rotatable bonds is 73. The molecule has 0 saturated carbocycles. The molecule has 0 bridgehead atoms. The van der Waals surface area contributed by atoms with Gasteiger partial charge in [-0.25, -0.2) is 9.13 Å². The fourth-order valence-electron chi connectivity index (χ4n) is 9.99. The lowest BCUT2D eigenvalue weighted by Gasteiger charge is -2.21. The number of aliphatic hydroxyl groups excluding tert-OH is 1. The Balaban J connectivity index is 5.48. The number of allylic oxidation sites excluding steroid dienone is 25. The van der Waals surface area contributed by atoms with E-state index in [4.69, 9.17) is 37.0 Å². The second-order valence-corrected chi connectivity index (χ2v) is 28.8. The Kier molecular flexibility index (Phi) is 72.0. The van der Waals surface area contributed by atoms with Crippen molar-refractivity contribution in [3.8, 4) is 0 Å². The summed E-state index contributed by atoms with van der Waals surface area (Å²) >= 11 is 0. The molecule has 19 heteroatoms. The minimum absolute atomic E-state index is 0.0752. The molecule has 0 radical (unpaired) electrons. The van der Waals surface area contributed by atoms with Crippen LogP contribution in [0.25, 0.3) is 0 Å². The zero-order chi connectivity index (χ0) is 76.0. The third-order valence-corrected chi connectivity index (χ3v) is 17.9. The van der Waals surface area contributed by atoms with Crippen LogP contribution in [0, 0.1) is 0 Å². The highest BCUT2D eigenvalue weighted by Crippen LogP contribution is 2.45. The van der Waals surface area contributed by atoms with Gasteiger partial charge in [0.15, 0.2) is 12.2 Å². The van der Waals surface area contributed by atoms with Gasteiger partial charge in [0.1, 0.15) is 19.3 Å². The van der Waals surface area contributed by atoms with Gasteiger partial charge in [0.05, 0.1) is 32.8 Å². The Hall–Kier alpha value is -5.32. The first-order valence-electron chi connectivity index (χ1n) is 39.7. The van der Waals surface area contributed by atoms with Gasteiger partial charge < -0.3 is 33.8 Å². The number of carbonyl (C=O) groups is 4. The number of ether oxygens (including phenoxy) is 4. The van der Waals surface area contributed by atoms with Crippen molar-refractivity contribution in [3.63, 3.8) is 0 Å². The largest absolute Gasteiger partial charge is 0.472 e. The van der Waals surface area contributed by atoms with Gasteiger partial charge in [-0.05, 0) is 154 Å². The molecule has 0 aromatic rings. The van der Waals surface area contributed by atoms with Crippen LogP contribution in [0.5, 0.6) is 0 Å². The summed E-state index contributed by atoms with van der Waals surface area (Å²) in [7, 11) is -10.0. The van der Waals surface area contributed by atoms with Gasteiger partial charge in [0, 0.05) is 19.3 Å². The average molecular weight is 1500 g/mol. The summed E-state index contributed by atoms with van der Waals surface area (Å²) < 4.78 is 68.4. The van der Waals surface area contributed by atoms with Gasteiger partial charge in [-0.2, -0.15) is 0 Å². The molecule has 0 saturated heterocycles. The minimum atomic E-state index is -5.02. The molecule has 0 rings (SSSR count). The van der Waals surface area contributed by atoms with Crippen LogP contribution in [-0.4, -0.2) is 96.7 Å². The Labute approximate surface area is 629 Å². The molecule has 17 nitrogen and oxygen atoms in total. The normalized spacial score (nSPS) is 14.7. The standard InChI is InChI=1S/C85H140O17P2/c1-5-9-13-17-21-25-29-33-37-38-39-40-44-46-50-54-58-62-66-70-83(88)96-76-81(102-85(90)72-68-64-60-56-52-48-43-36-32-28-24-20-16-12-8-4)78-100-104(93,94)98-74-79(86)73-97-103(91,92)99-77-80(101-84(89)71-67-63-59-55-51-47-42-35-31-27-23-19-15-11-7-3)75-95-82(87)69-65-61-57-53-49-45-41-34-30-26-22-18-14-10-6-2/h9,12-13,16,21-22,24-26,28,33-37,39-43,46,50,52,56,64,68,79-81,86H,5-8,10-11,14-15,17-20,23,27,29-32,38,44-45,47-49,51,53-55,57-63,65-67,69-78H2,1-4H3,(H,91,92)(H,93,94)/b13-9-,16-12-,25-21-,26-22-,28-24-,37-33-,40-39-,41-34-,42-35-,43-36-,50-46-,56-52-,68-64-. The van der Waals surface area contributed by atoms with Gasteiger partial charge in [-0.1, -0.05) is 276 Å². The second-order valence-electron chi connectivity index (χ2n) is 25.9. The molecule has 0 aliphatic heterocycles. The highest BCUT2D eigenvalue weighted by atomic mass is 31.2. The maximum absolute atomic E-state index is 13.1. The minimum Gasteiger partial charge on any atom is -0.462 e. The molecule has 0 fully saturated rings. The molecule has 104 heavy (non-hydrogen) atoms. The Morgan fingerprint density at radius 1 is 0.288 bits per heavy atom. The zero-order valence-electron chi connectivity index (χ0n) is 64.6. The molecule has 0 aliphatic carbocycles. The van der Waals surface area contributed by atoms with Crippen LogP contribution in [0.15, 0.2) is 158 Å². The molecule has 0 aromatic heterocycles. The third kappa shape index (κ3) is 74.9. The summed E-state index contributed by atoms with van der Waals surface area (Å²) in [6.07, 6.45) is 88.3. The molecule has 592 valence electrons. The molecule has 3 N–H and O–H groups in total. The van der Waals surface area contributed by atoms with E-state index in [0.717, 1.165) is 161 Å². The van der Waals surface area contributed by atoms with Gasteiger partial charge in [0.2, 0.25) is 0 Å². The van der Waals surface area contributed by atoms with E-state index in [1.807, 2.05) is 12.2 Å². The van der Waals surface area contributed by atoms with E-state index < -0.39 is 97.5 Å². The molecule has 0 aliphatic rings. The summed E-state index contributed by atoms with van der Waals surface area (Å²) in [4.78, 5) is 72.9. The van der Waals surface area contributed by atoms with Gasteiger partial charge in [0.25, 0.3) is 0 Å². The first-order chi connectivity index (χ1) is 50.7. The van der Waals surface area contributed by atoms with Crippen LogP contribution in [0.2, 0.25) is 0 Å². The van der Waals surface area contributed by atoms with E-state index in [1.54, 1.807) is 12.2 Å². The molecule has 5 unspecified atom stereocenters. The number of esters is 4. The topological polar surface area (TPSA) is 237 Å². The first-order valence-corrected chi connectivity index (χ1v) is 42.7. The van der Waals surface area contributed by atoms with Crippen LogP contribution >= 0.6 is 15.6 Å². The fourth-order valence-corrected chi connectivity index (χ4v) is 11.6. The average Bonchev–Trinajstić information content (AvgIpc) is 0.918. The van der Waals surface area contributed by atoms with Crippen molar-refractivity contribution >= 4 is 39.5 Å². The number of hydrogen-bond donors (Lipinski definition) is 3. The van der Waals surface area contributed by atoms with Crippen LogP contribution in [0.1, 0.15) is 297 Å². The molecule has 0 aromatic carbocycles.